The first-order valence-corrected chi connectivity index (χ1v) is 10.0. The molecule has 0 aliphatic carbocycles. The van der Waals surface area contributed by atoms with Crippen molar-refractivity contribution in [2.24, 2.45) is 5.41 Å². The van der Waals surface area contributed by atoms with Gasteiger partial charge in [0.25, 0.3) is 5.91 Å². The zero-order valence-corrected chi connectivity index (χ0v) is 18.0. The van der Waals surface area contributed by atoms with Crippen molar-refractivity contribution in [3.63, 3.8) is 0 Å². The minimum absolute atomic E-state index is 0.0167. The Morgan fingerprint density at radius 1 is 1.43 bits per heavy atom. The molecule has 3 rings (SSSR count). The summed E-state index contributed by atoms with van der Waals surface area (Å²) in [5.41, 5.74) is 1.51. The summed E-state index contributed by atoms with van der Waals surface area (Å²) in [4.78, 5) is 38.2. The van der Waals surface area contributed by atoms with Gasteiger partial charge in [-0.2, -0.15) is 0 Å². The van der Waals surface area contributed by atoms with Crippen molar-refractivity contribution in [2.45, 2.75) is 39.3 Å². The van der Waals surface area contributed by atoms with Gasteiger partial charge >= 0.3 is 0 Å². The Morgan fingerprint density at radius 2 is 2.20 bits per heavy atom. The molecule has 162 valence electrons. The average molecular weight is 415 g/mol. The summed E-state index contributed by atoms with van der Waals surface area (Å²) in [6.45, 7) is 11.4. The van der Waals surface area contributed by atoms with E-state index in [1.165, 1.54) is 6.08 Å². The number of H-pyrrole nitrogens is 1. The van der Waals surface area contributed by atoms with Crippen molar-refractivity contribution >= 4 is 28.8 Å². The second-order valence-electron chi connectivity index (χ2n) is 8.70. The van der Waals surface area contributed by atoms with E-state index in [4.69, 9.17) is 4.74 Å². The second kappa shape index (κ2) is 8.83. The second-order valence-corrected chi connectivity index (χ2v) is 8.70. The van der Waals surface area contributed by atoms with Crippen molar-refractivity contribution in [1.29, 1.82) is 0 Å². The minimum Gasteiger partial charge on any atom is -0.377 e. The fourth-order valence-corrected chi connectivity index (χ4v) is 3.41. The maximum atomic E-state index is 12.6. The summed E-state index contributed by atoms with van der Waals surface area (Å²) in [6.07, 6.45) is 5.08. The number of aromatic amines is 1. The molecule has 2 aromatic heterocycles. The highest BCUT2D eigenvalue weighted by Gasteiger charge is 2.31. The maximum Gasteiger partial charge on any atom is 0.255 e. The number of ether oxygens (including phenoxy) is 1. The fraction of sp³-hybridized carbons (Fsp3) is 0.524. The summed E-state index contributed by atoms with van der Waals surface area (Å²) in [5, 5.41) is 6.30. The number of piperidine rings is 1. The van der Waals surface area contributed by atoms with E-state index in [0.29, 0.717) is 48.6 Å². The number of rotatable bonds is 6. The number of hydrogen-bond acceptors (Lipinski definition) is 6. The van der Waals surface area contributed by atoms with E-state index in [-0.39, 0.29) is 29.4 Å². The molecule has 1 aliphatic heterocycles. The van der Waals surface area contributed by atoms with E-state index < -0.39 is 0 Å². The summed E-state index contributed by atoms with van der Waals surface area (Å²) >= 11 is 0. The molecule has 30 heavy (non-hydrogen) atoms. The zero-order valence-electron chi connectivity index (χ0n) is 18.0. The number of aromatic nitrogens is 3. The third-order valence-electron chi connectivity index (χ3n) is 5.09. The van der Waals surface area contributed by atoms with Gasteiger partial charge in [-0.25, -0.2) is 9.97 Å². The lowest BCUT2D eigenvalue weighted by molar-refractivity contribution is -0.129. The van der Waals surface area contributed by atoms with Crippen LogP contribution < -0.4 is 10.6 Å². The first-order valence-electron chi connectivity index (χ1n) is 10.0. The van der Waals surface area contributed by atoms with Crippen LogP contribution in [0.25, 0.3) is 11.2 Å². The minimum atomic E-state index is -0.194. The van der Waals surface area contributed by atoms with Crippen molar-refractivity contribution in [3.8, 4) is 0 Å². The summed E-state index contributed by atoms with van der Waals surface area (Å²) in [6, 6.07) is -0.0345. The third-order valence-corrected chi connectivity index (χ3v) is 5.09. The van der Waals surface area contributed by atoms with Crippen molar-refractivity contribution in [1.82, 2.24) is 25.2 Å². The lowest BCUT2D eigenvalue weighted by Crippen LogP contribution is -2.52. The topological polar surface area (TPSA) is 112 Å². The standard InChI is InChI=1S/C21H30N6O3/c1-6-17(28)27-8-7-14(15(11-27)30-5)25-16-10-23-19-18(26-16)13(9-22-19)20(29)24-12-21(2,3)4/h6,9-10,14-15H,1,7-8,11-12H2,2-5H3,(H,22,23)(H,24,29)(H,25,26)/t14-,15+/m1/s1. The number of carbonyl (C=O) groups is 2. The first kappa shape index (κ1) is 21.8. The zero-order chi connectivity index (χ0) is 21.9. The highest BCUT2D eigenvalue weighted by molar-refractivity contribution is 6.04. The van der Waals surface area contributed by atoms with E-state index in [1.807, 2.05) is 0 Å². The van der Waals surface area contributed by atoms with Crippen molar-refractivity contribution in [3.05, 3.63) is 30.6 Å². The number of carbonyl (C=O) groups excluding carboxylic acids is 2. The molecule has 1 aliphatic rings. The quantitative estimate of drug-likeness (QED) is 0.623. The normalized spacial score (nSPS) is 19.5. The van der Waals surface area contributed by atoms with E-state index >= 15 is 0 Å². The lowest BCUT2D eigenvalue weighted by Gasteiger charge is -2.37. The van der Waals surface area contributed by atoms with Crippen LogP contribution in [-0.4, -0.2) is 70.6 Å². The number of nitrogens with one attached hydrogen (secondary N) is 3. The van der Waals surface area contributed by atoms with Crippen LogP contribution in [0.1, 0.15) is 37.6 Å². The molecular formula is C21H30N6O3. The number of methoxy groups -OCH3 is 1. The first-order chi connectivity index (χ1) is 14.2. The van der Waals surface area contributed by atoms with Gasteiger partial charge in [-0.1, -0.05) is 27.4 Å². The summed E-state index contributed by atoms with van der Waals surface area (Å²) in [7, 11) is 1.62. The molecule has 9 nitrogen and oxygen atoms in total. The predicted octanol–water partition coefficient (Wildman–Crippen LogP) is 1.95. The Bertz CT molecular complexity index is 932. The van der Waals surface area contributed by atoms with Crippen LogP contribution in [-0.2, 0) is 9.53 Å². The Hall–Kier alpha value is -2.94. The summed E-state index contributed by atoms with van der Waals surface area (Å²) < 4.78 is 5.59. The van der Waals surface area contributed by atoms with Gasteiger partial charge in [-0.05, 0) is 17.9 Å². The summed E-state index contributed by atoms with van der Waals surface area (Å²) in [5.74, 6) is 0.270. The molecule has 3 heterocycles. The molecule has 0 spiro atoms. The van der Waals surface area contributed by atoms with Gasteiger partial charge in [0, 0.05) is 32.9 Å². The molecule has 0 saturated carbocycles. The van der Waals surface area contributed by atoms with Gasteiger partial charge in [0.1, 0.15) is 11.3 Å². The largest absolute Gasteiger partial charge is 0.377 e. The monoisotopic (exact) mass is 414 g/mol. The number of fused-ring (bicyclic) bond motifs is 1. The van der Waals surface area contributed by atoms with Crippen LogP contribution in [0.15, 0.2) is 25.0 Å². The lowest BCUT2D eigenvalue weighted by atomic mass is 9.97. The molecule has 0 aromatic carbocycles. The van der Waals surface area contributed by atoms with Crippen molar-refractivity contribution < 1.29 is 14.3 Å². The van der Waals surface area contributed by atoms with E-state index in [9.17, 15) is 9.59 Å². The number of hydrogen-bond donors (Lipinski definition) is 3. The fourth-order valence-electron chi connectivity index (χ4n) is 3.41. The Morgan fingerprint density at radius 3 is 2.87 bits per heavy atom. The molecule has 9 heteroatoms. The van der Waals surface area contributed by atoms with E-state index in [2.05, 4.69) is 52.9 Å². The van der Waals surface area contributed by atoms with Gasteiger partial charge in [0.15, 0.2) is 5.65 Å². The van der Waals surface area contributed by atoms with Crippen LogP contribution in [0, 0.1) is 5.41 Å². The number of anilines is 1. The van der Waals surface area contributed by atoms with Gasteiger partial charge in [0.05, 0.1) is 23.9 Å². The molecule has 2 atom stereocenters. The van der Waals surface area contributed by atoms with Gasteiger partial charge in [0.2, 0.25) is 5.91 Å². The molecule has 0 unspecified atom stereocenters. The van der Waals surface area contributed by atoms with Crippen LogP contribution in [0.5, 0.6) is 0 Å². The Kier molecular flexibility index (Phi) is 6.40. The maximum absolute atomic E-state index is 12.6. The molecule has 2 aromatic rings. The molecular weight excluding hydrogens is 384 g/mol. The number of nitrogens with zero attached hydrogens (tertiary/aromatic N) is 3. The number of amides is 2. The van der Waals surface area contributed by atoms with Crippen molar-refractivity contribution in [2.75, 3.05) is 32.1 Å². The predicted molar refractivity (Wildman–Crippen MR) is 115 cm³/mol. The van der Waals surface area contributed by atoms with Gasteiger partial charge in [-0.3, -0.25) is 9.59 Å². The van der Waals surface area contributed by atoms with Crippen LogP contribution in [0.3, 0.4) is 0 Å². The number of likely N-dealkylation sites (tertiary alicyclic amines) is 1. The smallest absolute Gasteiger partial charge is 0.255 e. The molecule has 3 N–H and O–H groups in total. The van der Waals surface area contributed by atoms with Gasteiger partial charge in [-0.15, -0.1) is 0 Å². The van der Waals surface area contributed by atoms with E-state index in [1.54, 1.807) is 24.4 Å². The van der Waals surface area contributed by atoms with Crippen LogP contribution in [0.4, 0.5) is 5.82 Å². The molecule has 0 bridgehead atoms. The molecule has 2 amide bonds. The SMILES string of the molecule is C=CC(=O)N1CC[C@@H](Nc2cnc3[nH]cc(C(=O)NCC(C)(C)C)c3n2)[C@@H](OC)C1. The molecule has 0 radical (unpaired) electrons. The van der Waals surface area contributed by atoms with Gasteiger partial charge < -0.3 is 25.3 Å². The third kappa shape index (κ3) is 4.96. The highest BCUT2D eigenvalue weighted by Crippen LogP contribution is 2.21. The Labute approximate surface area is 176 Å². The van der Waals surface area contributed by atoms with E-state index in [0.717, 1.165) is 0 Å². The van der Waals surface area contributed by atoms with Crippen LogP contribution >= 0.6 is 0 Å². The highest BCUT2D eigenvalue weighted by atomic mass is 16.5. The molecule has 1 fully saturated rings. The van der Waals surface area contributed by atoms with Crippen LogP contribution in [0.2, 0.25) is 0 Å². The Balaban J connectivity index is 1.75. The average Bonchev–Trinajstić information content (AvgIpc) is 3.14. The molecule has 1 saturated heterocycles.